The van der Waals surface area contributed by atoms with E-state index < -0.39 is 11.0 Å². The minimum absolute atomic E-state index is 0.0951. The summed E-state index contributed by atoms with van der Waals surface area (Å²) in [5.74, 6) is 1.71. The highest BCUT2D eigenvalue weighted by Crippen LogP contribution is 2.66. The maximum absolute atomic E-state index is 12.5. The van der Waals surface area contributed by atoms with Crippen molar-refractivity contribution in [3.8, 4) is 11.5 Å². The van der Waals surface area contributed by atoms with E-state index in [1.165, 1.54) is 18.4 Å². The number of nitrogens with zero attached hydrogens (tertiary/aromatic N) is 2. The number of morpholine rings is 1. The number of hydrogen-bond acceptors (Lipinski definition) is 6. The van der Waals surface area contributed by atoms with Gasteiger partial charge in [0.05, 0.1) is 24.2 Å². The molecule has 0 amide bonds. The van der Waals surface area contributed by atoms with E-state index in [4.69, 9.17) is 9.47 Å². The van der Waals surface area contributed by atoms with Crippen LogP contribution in [0.5, 0.6) is 11.5 Å². The first-order valence-electron chi connectivity index (χ1n) is 11.9. The topological polar surface area (TPSA) is 65.4 Å². The zero-order chi connectivity index (χ0) is 20.1. The van der Waals surface area contributed by atoms with Gasteiger partial charge in [0, 0.05) is 37.3 Å². The highest BCUT2D eigenvalue weighted by Gasteiger charge is 2.73. The highest BCUT2D eigenvalue weighted by atomic mass is 16.5. The standard InChI is InChI=1S/C24H32N2O4/c27-18-4-3-16-13-19-24(28)6-5-17(25-9-11-29-12-10-25)22-23(24,20(16)21(18)30-22)7-8-26(19)14-15-1-2-15/h3-4,15,17,19,22,27-28H,1-2,5-14H2/t17-,19?,22+,23+,24-/m0/s1. The van der Waals surface area contributed by atoms with Gasteiger partial charge >= 0.3 is 0 Å². The normalized spacial score (nSPS) is 42.6. The Balaban J connectivity index is 1.37. The Kier molecular flexibility index (Phi) is 3.73. The van der Waals surface area contributed by atoms with Crippen molar-refractivity contribution < 1.29 is 19.7 Å². The fraction of sp³-hybridized carbons (Fsp3) is 0.750. The molecular formula is C24H32N2O4. The van der Waals surface area contributed by atoms with Crippen LogP contribution in [0, 0.1) is 5.92 Å². The van der Waals surface area contributed by atoms with Crippen LogP contribution in [-0.4, -0.2) is 83.2 Å². The third-order valence-electron chi connectivity index (χ3n) is 9.25. The van der Waals surface area contributed by atoms with E-state index in [1.54, 1.807) is 6.07 Å². The van der Waals surface area contributed by atoms with Crippen LogP contribution in [0.25, 0.3) is 0 Å². The molecular weight excluding hydrogens is 380 g/mol. The summed E-state index contributed by atoms with van der Waals surface area (Å²) in [6, 6.07) is 4.32. The number of piperidine rings is 1. The van der Waals surface area contributed by atoms with Crippen molar-refractivity contribution in [2.24, 2.45) is 5.92 Å². The largest absolute Gasteiger partial charge is 0.504 e. The molecule has 0 aromatic heterocycles. The van der Waals surface area contributed by atoms with Crippen molar-refractivity contribution in [3.05, 3.63) is 23.3 Å². The second-order valence-corrected chi connectivity index (χ2v) is 10.5. The quantitative estimate of drug-likeness (QED) is 0.787. The lowest BCUT2D eigenvalue weighted by atomic mass is 9.48. The molecule has 3 aliphatic carbocycles. The predicted octanol–water partition coefficient (Wildman–Crippen LogP) is 1.66. The molecule has 6 nitrogen and oxygen atoms in total. The molecule has 1 aromatic carbocycles. The molecule has 2 saturated carbocycles. The van der Waals surface area contributed by atoms with Crippen LogP contribution in [0.15, 0.2) is 12.1 Å². The molecule has 1 unspecified atom stereocenters. The first-order chi connectivity index (χ1) is 14.6. The van der Waals surface area contributed by atoms with Gasteiger partial charge in [0.1, 0.15) is 6.10 Å². The molecule has 2 N–H and O–H groups in total. The second-order valence-electron chi connectivity index (χ2n) is 10.5. The van der Waals surface area contributed by atoms with Crippen LogP contribution in [0.3, 0.4) is 0 Å². The molecule has 6 aliphatic rings. The van der Waals surface area contributed by atoms with Crippen LogP contribution < -0.4 is 4.74 Å². The lowest BCUT2D eigenvalue weighted by Crippen LogP contribution is -2.78. The van der Waals surface area contributed by atoms with Crippen LogP contribution in [0.2, 0.25) is 0 Å². The van der Waals surface area contributed by atoms with E-state index in [0.717, 1.165) is 76.6 Å². The number of benzene rings is 1. The Morgan fingerprint density at radius 1 is 1.07 bits per heavy atom. The van der Waals surface area contributed by atoms with Crippen molar-refractivity contribution in [1.82, 2.24) is 9.80 Å². The number of aliphatic hydroxyl groups is 1. The molecule has 6 heteroatoms. The molecule has 0 radical (unpaired) electrons. The van der Waals surface area contributed by atoms with Crippen molar-refractivity contribution in [3.63, 3.8) is 0 Å². The average Bonchev–Trinajstić information content (AvgIpc) is 3.50. The lowest BCUT2D eigenvalue weighted by Gasteiger charge is -2.65. The molecule has 5 atom stereocenters. The summed E-state index contributed by atoms with van der Waals surface area (Å²) in [6.45, 7) is 5.52. The number of rotatable bonds is 3. The van der Waals surface area contributed by atoms with Gasteiger partial charge in [-0.25, -0.2) is 0 Å². The van der Waals surface area contributed by atoms with E-state index in [1.807, 2.05) is 0 Å². The molecule has 3 aliphatic heterocycles. The van der Waals surface area contributed by atoms with Crippen molar-refractivity contribution in [2.45, 2.75) is 67.7 Å². The molecule has 7 rings (SSSR count). The Morgan fingerprint density at radius 2 is 1.90 bits per heavy atom. The van der Waals surface area contributed by atoms with E-state index in [-0.39, 0.29) is 23.9 Å². The zero-order valence-electron chi connectivity index (χ0n) is 17.6. The van der Waals surface area contributed by atoms with Gasteiger partial charge in [-0.05, 0) is 62.6 Å². The third-order valence-corrected chi connectivity index (χ3v) is 9.25. The average molecular weight is 413 g/mol. The predicted molar refractivity (Wildman–Crippen MR) is 111 cm³/mol. The van der Waals surface area contributed by atoms with Gasteiger partial charge in [0.15, 0.2) is 11.5 Å². The monoisotopic (exact) mass is 412 g/mol. The van der Waals surface area contributed by atoms with Crippen molar-refractivity contribution in [1.29, 1.82) is 0 Å². The molecule has 162 valence electrons. The number of aromatic hydroxyl groups is 1. The number of ether oxygens (including phenoxy) is 2. The molecule has 4 fully saturated rings. The second kappa shape index (κ2) is 6.12. The highest BCUT2D eigenvalue weighted by molar-refractivity contribution is 5.62. The van der Waals surface area contributed by atoms with Crippen LogP contribution in [-0.2, 0) is 16.6 Å². The Hall–Kier alpha value is -1.34. The summed E-state index contributed by atoms with van der Waals surface area (Å²) in [5, 5.41) is 23.2. The van der Waals surface area contributed by atoms with Gasteiger partial charge in [-0.2, -0.15) is 0 Å². The summed E-state index contributed by atoms with van der Waals surface area (Å²) in [7, 11) is 0. The van der Waals surface area contributed by atoms with E-state index >= 15 is 0 Å². The SMILES string of the molecule is Oc1ccc2c3c1O[C@@H]1[C@@H](N4CCOCC4)CC[C@]4(O)C(C2)N(CC2CC2)CC[C@@]314. The summed E-state index contributed by atoms with van der Waals surface area (Å²) in [4.78, 5) is 5.12. The maximum atomic E-state index is 12.5. The fourth-order valence-electron chi connectivity index (χ4n) is 7.74. The molecule has 30 heavy (non-hydrogen) atoms. The van der Waals surface area contributed by atoms with Gasteiger partial charge < -0.3 is 19.7 Å². The van der Waals surface area contributed by atoms with E-state index in [9.17, 15) is 10.2 Å². The van der Waals surface area contributed by atoms with Gasteiger partial charge in [0.25, 0.3) is 0 Å². The minimum Gasteiger partial charge on any atom is -0.504 e. The van der Waals surface area contributed by atoms with Gasteiger partial charge in [-0.1, -0.05) is 6.07 Å². The van der Waals surface area contributed by atoms with Crippen LogP contribution >= 0.6 is 0 Å². The lowest BCUT2D eigenvalue weighted by molar-refractivity contribution is -0.203. The van der Waals surface area contributed by atoms with Crippen LogP contribution in [0.4, 0.5) is 0 Å². The minimum atomic E-state index is -0.778. The molecule has 2 bridgehead atoms. The molecule has 3 heterocycles. The van der Waals surface area contributed by atoms with E-state index in [2.05, 4.69) is 15.9 Å². The summed E-state index contributed by atoms with van der Waals surface area (Å²) >= 11 is 0. The van der Waals surface area contributed by atoms with Gasteiger partial charge in [-0.3, -0.25) is 9.80 Å². The summed E-state index contributed by atoms with van der Waals surface area (Å²) in [5.41, 5.74) is 1.23. The first kappa shape index (κ1) is 18.3. The Labute approximate surface area is 177 Å². The molecule has 1 spiro atoms. The first-order valence-corrected chi connectivity index (χ1v) is 11.9. The fourth-order valence-corrected chi connectivity index (χ4v) is 7.74. The maximum Gasteiger partial charge on any atom is 0.165 e. The number of phenols is 1. The van der Waals surface area contributed by atoms with Crippen molar-refractivity contribution >= 4 is 0 Å². The Morgan fingerprint density at radius 3 is 2.70 bits per heavy atom. The smallest absolute Gasteiger partial charge is 0.165 e. The van der Waals surface area contributed by atoms with Gasteiger partial charge in [0.2, 0.25) is 0 Å². The number of likely N-dealkylation sites (tertiary alicyclic amines) is 1. The Bertz CT molecular complexity index is 882. The number of hydrogen-bond donors (Lipinski definition) is 2. The van der Waals surface area contributed by atoms with Crippen molar-refractivity contribution in [2.75, 3.05) is 39.4 Å². The number of phenolic OH excluding ortho intramolecular Hbond substituents is 1. The summed E-state index contributed by atoms with van der Waals surface area (Å²) < 4.78 is 12.3. The van der Waals surface area contributed by atoms with Crippen LogP contribution in [0.1, 0.15) is 43.2 Å². The molecule has 2 saturated heterocycles. The third kappa shape index (κ3) is 2.18. The summed E-state index contributed by atoms with van der Waals surface area (Å²) in [6.07, 6.45) is 6.13. The molecule has 1 aromatic rings. The zero-order valence-corrected chi connectivity index (χ0v) is 17.6. The van der Waals surface area contributed by atoms with E-state index in [0.29, 0.717) is 5.75 Å². The van der Waals surface area contributed by atoms with Gasteiger partial charge in [-0.15, -0.1) is 0 Å².